The molecule has 1 aliphatic heterocycles. The predicted molar refractivity (Wildman–Crippen MR) is 92.7 cm³/mol. The summed E-state index contributed by atoms with van der Waals surface area (Å²) in [4.78, 5) is 10.7. The quantitative estimate of drug-likeness (QED) is 0.641. The van der Waals surface area contributed by atoms with Crippen LogP contribution in [0.1, 0.15) is 37.0 Å². The van der Waals surface area contributed by atoms with Gasteiger partial charge in [-0.25, -0.2) is 0 Å². The first-order valence-electron chi connectivity index (χ1n) is 8.00. The van der Waals surface area contributed by atoms with Crippen molar-refractivity contribution in [3.63, 3.8) is 0 Å². The van der Waals surface area contributed by atoms with E-state index >= 15 is 0 Å². The van der Waals surface area contributed by atoms with Gasteiger partial charge in [-0.1, -0.05) is 12.1 Å². The second-order valence-corrected chi connectivity index (χ2v) is 6.95. The van der Waals surface area contributed by atoms with E-state index in [4.69, 9.17) is 4.74 Å². The number of nitro benzene ring substituents is 1. The lowest BCUT2D eigenvalue weighted by Crippen LogP contribution is -2.33. The SMILES string of the molecule is Cc1c(C)c2c(c(-c3cccc([N+](=O)[O-])c3)c1O)CCC(C)(C)O2. The summed E-state index contributed by atoms with van der Waals surface area (Å²) in [6.45, 7) is 7.87. The van der Waals surface area contributed by atoms with Crippen molar-refractivity contribution in [3.8, 4) is 22.6 Å². The summed E-state index contributed by atoms with van der Waals surface area (Å²) in [7, 11) is 0. The van der Waals surface area contributed by atoms with Crippen molar-refractivity contribution >= 4 is 5.69 Å². The van der Waals surface area contributed by atoms with Crippen LogP contribution in [0.4, 0.5) is 5.69 Å². The first kappa shape index (κ1) is 16.3. The Labute approximate surface area is 141 Å². The maximum atomic E-state index is 11.1. The number of non-ortho nitro benzene ring substituents is 1. The van der Waals surface area contributed by atoms with Crippen LogP contribution in [0.3, 0.4) is 0 Å². The van der Waals surface area contributed by atoms with Gasteiger partial charge in [-0.3, -0.25) is 10.1 Å². The molecular formula is C19H21NO4. The zero-order chi connectivity index (χ0) is 17.6. The summed E-state index contributed by atoms with van der Waals surface area (Å²) in [6, 6.07) is 6.39. The van der Waals surface area contributed by atoms with E-state index < -0.39 is 4.92 Å². The second-order valence-electron chi connectivity index (χ2n) is 6.95. The summed E-state index contributed by atoms with van der Waals surface area (Å²) in [5.74, 6) is 0.970. The molecule has 0 saturated carbocycles. The van der Waals surface area contributed by atoms with Crippen molar-refractivity contribution in [2.75, 3.05) is 0 Å². The van der Waals surface area contributed by atoms with Gasteiger partial charge in [-0.05, 0) is 57.2 Å². The van der Waals surface area contributed by atoms with Crippen LogP contribution < -0.4 is 4.74 Å². The van der Waals surface area contributed by atoms with E-state index in [2.05, 4.69) is 0 Å². The van der Waals surface area contributed by atoms with Gasteiger partial charge in [0.15, 0.2) is 0 Å². The molecule has 0 amide bonds. The van der Waals surface area contributed by atoms with Gasteiger partial charge in [0.2, 0.25) is 0 Å². The van der Waals surface area contributed by atoms with Crippen LogP contribution in [0.25, 0.3) is 11.1 Å². The van der Waals surface area contributed by atoms with Crippen molar-refractivity contribution in [1.29, 1.82) is 0 Å². The standard InChI is InChI=1S/C19H21NO4/c1-11-12(2)18-15(8-9-19(3,4)24-18)16(17(11)21)13-6-5-7-14(10-13)20(22)23/h5-7,10,21H,8-9H2,1-4H3. The molecule has 24 heavy (non-hydrogen) atoms. The number of benzene rings is 2. The molecule has 0 spiro atoms. The molecule has 0 saturated heterocycles. The van der Waals surface area contributed by atoms with E-state index in [0.717, 1.165) is 35.3 Å². The Bertz CT molecular complexity index is 840. The third-order valence-corrected chi connectivity index (χ3v) is 4.77. The van der Waals surface area contributed by atoms with Crippen LogP contribution in [0.5, 0.6) is 11.5 Å². The topological polar surface area (TPSA) is 72.6 Å². The fraction of sp³-hybridized carbons (Fsp3) is 0.368. The summed E-state index contributed by atoms with van der Waals surface area (Å²) in [6.07, 6.45) is 1.58. The Morgan fingerprint density at radius 3 is 2.62 bits per heavy atom. The molecule has 0 aromatic heterocycles. The van der Waals surface area contributed by atoms with Gasteiger partial charge in [-0.2, -0.15) is 0 Å². The van der Waals surface area contributed by atoms with Crippen molar-refractivity contribution in [1.82, 2.24) is 0 Å². The molecule has 0 bridgehead atoms. The summed E-state index contributed by atoms with van der Waals surface area (Å²) in [5, 5.41) is 21.8. The molecule has 2 aromatic rings. The van der Waals surface area contributed by atoms with Gasteiger partial charge in [0.25, 0.3) is 5.69 Å². The van der Waals surface area contributed by atoms with E-state index in [0.29, 0.717) is 11.1 Å². The highest BCUT2D eigenvalue weighted by molar-refractivity contribution is 5.80. The first-order chi connectivity index (χ1) is 11.2. The third kappa shape index (κ3) is 2.60. The van der Waals surface area contributed by atoms with Crippen LogP contribution in [0.2, 0.25) is 0 Å². The van der Waals surface area contributed by atoms with Crippen LogP contribution in [0, 0.1) is 24.0 Å². The largest absolute Gasteiger partial charge is 0.507 e. The fourth-order valence-electron chi connectivity index (χ4n) is 3.23. The number of nitrogens with zero attached hydrogens (tertiary/aromatic N) is 1. The van der Waals surface area contributed by atoms with Gasteiger partial charge in [0.05, 0.1) is 4.92 Å². The Morgan fingerprint density at radius 1 is 1.25 bits per heavy atom. The number of phenolic OH excluding ortho intramolecular Hbond substituents is 1. The minimum Gasteiger partial charge on any atom is -0.507 e. The van der Waals surface area contributed by atoms with Crippen LogP contribution in [0.15, 0.2) is 24.3 Å². The monoisotopic (exact) mass is 327 g/mol. The van der Waals surface area contributed by atoms with E-state index in [-0.39, 0.29) is 17.0 Å². The molecule has 1 heterocycles. The smallest absolute Gasteiger partial charge is 0.270 e. The number of fused-ring (bicyclic) bond motifs is 1. The number of hydrogen-bond donors (Lipinski definition) is 1. The average molecular weight is 327 g/mol. The minimum absolute atomic E-state index is 0.0101. The lowest BCUT2D eigenvalue weighted by atomic mass is 9.85. The number of ether oxygens (including phenoxy) is 1. The molecule has 0 aliphatic carbocycles. The summed E-state index contributed by atoms with van der Waals surface area (Å²) >= 11 is 0. The highest BCUT2D eigenvalue weighted by Crippen LogP contribution is 2.48. The zero-order valence-electron chi connectivity index (χ0n) is 14.3. The van der Waals surface area contributed by atoms with Crippen LogP contribution in [-0.2, 0) is 6.42 Å². The molecule has 5 nitrogen and oxygen atoms in total. The van der Waals surface area contributed by atoms with Crippen molar-refractivity contribution in [2.24, 2.45) is 0 Å². The average Bonchev–Trinajstić information content (AvgIpc) is 2.53. The van der Waals surface area contributed by atoms with Gasteiger partial charge >= 0.3 is 0 Å². The van der Waals surface area contributed by atoms with E-state index in [1.165, 1.54) is 12.1 Å². The Balaban J connectivity index is 2.28. The predicted octanol–water partition coefficient (Wildman–Crippen LogP) is 4.69. The molecular weight excluding hydrogens is 306 g/mol. The molecule has 126 valence electrons. The van der Waals surface area contributed by atoms with Crippen molar-refractivity contribution < 1.29 is 14.8 Å². The Kier molecular flexibility index (Phi) is 3.74. The molecule has 0 radical (unpaired) electrons. The fourth-order valence-corrected chi connectivity index (χ4v) is 3.23. The molecule has 0 unspecified atom stereocenters. The van der Waals surface area contributed by atoms with E-state index in [1.54, 1.807) is 12.1 Å². The van der Waals surface area contributed by atoms with Crippen LogP contribution >= 0.6 is 0 Å². The number of rotatable bonds is 2. The number of nitro groups is 1. The number of aromatic hydroxyl groups is 1. The molecule has 0 atom stereocenters. The lowest BCUT2D eigenvalue weighted by molar-refractivity contribution is -0.384. The van der Waals surface area contributed by atoms with Gasteiger partial charge in [0.1, 0.15) is 17.1 Å². The van der Waals surface area contributed by atoms with E-state index in [9.17, 15) is 15.2 Å². The molecule has 2 aromatic carbocycles. The highest BCUT2D eigenvalue weighted by Gasteiger charge is 2.32. The normalized spacial score (nSPS) is 15.5. The first-order valence-corrected chi connectivity index (χ1v) is 8.00. The van der Waals surface area contributed by atoms with Crippen molar-refractivity contribution in [3.05, 3.63) is 51.1 Å². The minimum atomic E-state index is -0.423. The third-order valence-electron chi connectivity index (χ3n) is 4.77. The van der Waals surface area contributed by atoms with E-state index in [1.807, 2.05) is 27.7 Å². The molecule has 0 fully saturated rings. The van der Waals surface area contributed by atoms with Crippen LogP contribution in [-0.4, -0.2) is 15.6 Å². The maximum Gasteiger partial charge on any atom is 0.270 e. The highest BCUT2D eigenvalue weighted by atomic mass is 16.6. The van der Waals surface area contributed by atoms with Crippen molar-refractivity contribution in [2.45, 2.75) is 46.1 Å². The summed E-state index contributed by atoms with van der Waals surface area (Å²) < 4.78 is 6.18. The Hall–Kier alpha value is -2.56. The Morgan fingerprint density at radius 2 is 1.96 bits per heavy atom. The lowest BCUT2D eigenvalue weighted by Gasteiger charge is -2.35. The zero-order valence-corrected chi connectivity index (χ0v) is 14.3. The van der Waals surface area contributed by atoms with Gasteiger partial charge in [-0.15, -0.1) is 0 Å². The molecule has 1 aliphatic rings. The second kappa shape index (κ2) is 5.51. The molecule has 5 heteroatoms. The summed E-state index contributed by atoms with van der Waals surface area (Å²) in [5.41, 5.74) is 3.63. The van der Waals surface area contributed by atoms with Gasteiger partial charge < -0.3 is 9.84 Å². The number of phenols is 1. The van der Waals surface area contributed by atoms with Gasteiger partial charge in [0, 0.05) is 23.3 Å². The molecule has 3 rings (SSSR count). The number of hydrogen-bond acceptors (Lipinski definition) is 4. The molecule has 1 N–H and O–H groups in total. The maximum absolute atomic E-state index is 11.1.